The fraction of sp³-hybridized carbons (Fsp3) is 0.286. The van der Waals surface area contributed by atoms with Gasteiger partial charge in [0.15, 0.2) is 0 Å². The molecule has 0 saturated carbocycles. The summed E-state index contributed by atoms with van der Waals surface area (Å²) in [5.41, 5.74) is 5.22. The zero-order chi connectivity index (χ0) is 19.5. The lowest BCUT2D eigenvalue weighted by Gasteiger charge is -2.14. The maximum absolute atomic E-state index is 11.9. The predicted molar refractivity (Wildman–Crippen MR) is 108 cm³/mol. The Morgan fingerprint density at radius 2 is 2.04 bits per heavy atom. The Morgan fingerprint density at radius 3 is 2.82 bits per heavy atom. The van der Waals surface area contributed by atoms with Crippen LogP contribution in [0.15, 0.2) is 42.7 Å². The molecule has 2 N–H and O–H groups in total. The van der Waals surface area contributed by atoms with Crippen molar-refractivity contribution < 1.29 is 9.90 Å². The van der Waals surface area contributed by atoms with E-state index in [-0.39, 0.29) is 0 Å². The first kappa shape index (κ1) is 18.7. The van der Waals surface area contributed by atoms with E-state index in [1.54, 1.807) is 10.9 Å². The number of halogens is 1. The van der Waals surface area contributed by atoms with E-state index in [1.165, 1.54) is 0 Å². The highest BCUT2D eigenvalue weighted by molar-refractivity contribution is 6.30. The monoisotopic (exact) mass is 396 g/mol. The molecule has 4 rings (SSSR count). The zero-order valence-corrected chi connectivity index (χ0v) is 16.1. The SMILES string of the molecule is O=C(O)c1c2c(nn1CCCNCc1ccc(Cl)cc1)-c1ccncc1CC2. The molecule has 2 aromatic heterocycles. The third-order valence-corrected chi connectivity index (χ3v) is 5.27. The fourth-order valence-corrected chi connectivity index (χ4v) is 3.79. The Kier molecular flexibility index (Phi) is 5.41. The van der Waals surface area contributed by atoms with Crippen LogP contribution in [0.1, 0.15) is 33.6 Å². The van der Waals surface area contributed by atoms with E-state index < -0.39 is 5.97 Å². The first-order chi connectivity index (χ1) is 13.6. The number of benzene rings is 1. The van der Waals surface area contributed by atoms with Gasteiger partial charge in [-0.3, -0.25) is 9.67 Å². The summed E-state index contributed by atoms with van der Waals surface area (Å²) in [6, 6.07) is 9.65. The van der Waals surface area contributed by atoms with Crippen LogP contribution in [0.25, 0.3) is 11.3 Å². The summed E-state index contributed by atoms with van der Waals surface area (Å²) >= 11 is 5.90. The smallest absolute Gasteiger partial charge is 0.354 e. The van der Waals surface area contributed by atoms with Gasteiger partial charge in [0.1, 0.15) is 5.69 Å². The number of hydrogen-bond donors (Lipinski definition) is 2. The number of aryl methyl sites for hydroxylation is 2. The topological polar surface area (TPSA) is 80.0 Å². The number of rotatable bonds is 7. The van der Waals surface area contributed by atoms with E-state index in [9.17, 15) is 9.90 Å². The average molecular weight is 397 g/mol. The van der Waals surface area contributed by atoms with Crippen molar-refractivity contribution in [3.63, 3.8) is 0 Å². The fourth-order valence-electron chi connectivity index (χ4n) is 3.66. The van der Waals surface area contributed by atoms with Crippen LogP contribution in [0.2, 0.25) is 5.02 Å². The number of carboxylic acids is 1. The van der Waals surface area contributed by atoms with Crippen LogP contribution in [0, 0.1) is 0 Å². The molecule has 1 aliphatic rings. The van der Waals surface area contributed by atoms with Gasteiger partial charge in [-0.15, -0.1) is 0 Å². The first-order valence-electron chi connectivity index (χ1n) is 9.35. The summed E-state index contributed by atoms with van der Waals surface area (Å²) in [4.78, 5) is 16.0. The van der Waals surface area contributed by atoms with Crippen molar-refractivity contribution in [3.8, 4) is 11.3 Å². The molecule has 2 heterocycles. The van der Waals surface area contributed by atoms with Crippen LogP contribution in [-0.2, 0) is 25.9 Å². The molecule has 28 heavy (non-hydrogen) atoms. The molecule has 0 radical (unpaired) electrons. The van der Waals surface area contributed by atoms with Crippen molar-refractivity contribution in [2.24, 2.45) is 0 Å². The molecule has 0 fully saturated rings. The summed E-state index contributed by atoms with van der Waals surface area (Å²) in [6.07, 6.45) is 5.85. The molecule has 1 aromatic carbocycles. The van der Waals surface area contributed by atoms with Gasteiger partial charge in [0.25, 0.3) is 0 Å². The van der Waals surface area contributed by atoms with Crippen molar-refractivity contribution in [2.75, 3.05) is 6.54 Å². The second-order valence-corrected chi connectivity index (χ2v) is 7.33. The normalized spacial score (nSPS) is 12.5. The molecule has 0 atom stereocenters. The van der Waals surface area contributed by atoms with E-state index in [0.717, 1.165) is 58.9 Å². The van der Waals surface area contributed by atoms with Crippen LogP contribution in [0.3, 0.4) is 0 Å². The van der Waals surface area contributed by atoms with Crippen molar-refractivity contribution in [1.82, 2.24) is 20.1 Å². The minimum absolute atomic E-state index is 0.315. The molecule has 3 aromatic rings. The maximum Gasteiger partial charge on any atom is 0.354 e. The molecule has 0 bridgehead atoms. The Hall–Kier alpha value is -2.70. The molecule has 1 aliphatic carbocycles. The minimum atomic E-state index is -0.916. The maximum atomic E-state index is 11.9. The number of fused-ring (bicyclic) bond motifs is 3. The van der Waals surface area contributed by atoms with Gasteiger partial charge in [-0.2, -0.15) is 5.10 Å². The van der Waals surface area contributed by atoms with E-state index >= 15 is 0 Å². The van der Waals surface area contributed by atoms with E-state index in [0.29, 0.717) is 18.7 Å². The number of aromatic nitrogens is 3. The van der Waals surface area contributed by atoms with Gasteiger partial charge in [-0.25, -0.2) is 4.79 Å². The van der Waals surface area contributed by atoms with Gasteiger partial charge in [-0.05, 0) is 55.1 Å². The number of nitrogens with zero attached hydrogens (tertiary/aromatic N) is 3. The largest absolute Gasteiger partial charge is 0.477 e. The zero-order valence-electron chi connectivity index (χ0n) is 15.4. The third-order valence-electron chi connectivity index (χ3n) is 5.02. The van der Waals surface area contributed by atoms with Crippen LogP contribution >= 0.6 is 11.6 Å². The molecule has 6 nitrogen and oxygen atoms in total. The average Bonchev–Trinajstić information content (AvgIpc) is 3.08. The molecular weight excluding hydrogens is 376 g/mol. The highest BCUT2D eigenvalue weighted by atomic mass is 35.5. The van der Waals surface area contributed by atoms with Crippen molar-refractivity contribution in [3.05, 3.63) is 70.1 Å². The number of nitrogens with one attached hydrogen (secondary N) is 1. The van der Waals surface area contributed by atoms with Gasteiger partial charge < -0.3 is 10.4 Å². The standard InChI is InChI=1S/C21H21ClN4O2/c22-16-5-2-14(3-6-16)12-23-9-1-11-26-20(21(27)28)18-7-4-15-13-24-10-8-17(15)19(18)25-26/h2-3,5-6,8,10,13,23H,1,4,7,9,11-12H2,(H,27,28). The number of aromatic carboxylic acids is 1. The van der Waals surface area contributed by atoms with E-state index in [1.807, 2.05) is 36.5 Å². The highest BCUT2D eigenvalue weighted by Gasteiger charge is 2.27. The summed E-state index contributed by atoms with van der Waals surface area (Å²) in [5.74, 6) is -0.916. The lowest BCUT2D eigenvalue weighted by Crippen LogP contribution is -2.18. The molecule has 0 aliphatic heterocycles. The summed E-state index contributed by atoms with van der Waals surface area (Å²) in [6.45, 7) is 2.08. The van der Waals surface area contributed by atoms with Crippen LogP contribution in [-0.4, -0.2) is 32.4 Å². The van der Waals surface area contributed by atoms with Gasteiger partial charge in [0.2, 0.25) is 0 Å². The number of pyridine rings is 1. The van der Waals surface area contributed by atoms with Crippen LogP contribution in [0.4, 0.5) is 0 Å². The van der Waals surface area contributed by atoms with Crippen molar-refractivity contribution in [1.29, 1.82) is 0 Å². The van der Waals surface area contributed by atoms with Crippen molar-refractivity contribution in [2.45, 2.75) is 32.4 Å². The Bertz CT molecular complexity index is 998. The van der Waals surface area contributed by atoms with E-state index in [2.05, 4.69) is 15.4 Å². The summed E-state index contributed by atoms with van der Waals surface area (Å²) in [5, 5.41) is 18.5. The number of carbonyl (C=O) groups is 1. The predicted octanol–water partition coefficient (Wildman–Crippen LogP) is 3.58. The lowest BCUT2D eigenvalue weighted by molar-refractivity contribution is 0.0681. The second kappa shape index (κ2) is 8.12. The molecule has 0 amide bonds. The Balaban J connectivity index is 1.43. The molecule has 0 saturated heterocycles. The molecular formula is C21H21ClN4O2. The Labute approximate surface area is 168 Å². The lowest BCUT2D eigenvalue weighted by atomic mass is 9.90. The molecule has 7 heteroatoms. The minimum Gasteiger partial charge on any atom is -0.477 e. The van der Waals surface area contributed by atoms with Gasteiger partial charge in [-0.1, -0.05) is 23.7 Å². The molecule has 0 unspecified atom stereocenters. The second-order valence-electron chi connectivity index (χ2n) is 6.89. The van der Waals surface area contributed by atoms with Gasteiger partial charge >= 0.3 is 5.97 Å². The summed E-state index contributed by atoms with van der Waals surface area (Å²) in [7, 11) is 0. The summed E-state index contributed by atoms with van der Waals surface area (Å²) < 4.78 is 1.65. The number of hydrogen-bond acceptors (Lipinski definition) is 4. The van der Waals surface area contributed by atoms with Crippen molar-refractivity contribution >= 4 is 17.6 Å². The van der Waals surface area contributed by atoms with E-state index in [4.69, 9.17) is 11.6 Å². The Morgan fingerprint density at radius 1 is 1.21 bits per heavy atom. The number of carboxylic acid groups (broad SMARTS) is 1. The van der Waals surface area contributed by atoms with Crippen LogP contribution < -0.4 is 5.32 Å². The first-order valence-corrected chi connectivity index (χ1v) is 9.72. The van der Waals surface area contributed by atoms with Crippen LogP contribution in [0.5, 0.6) is 0 Å². The molecule has 144 valence electrons. The molecule has 0 spiro atoms. The van der Waals surface area contributed by atoms with Gasteiger partial charge in [0, 0.05) is 41.6 Å². The quantitative estimate of drug-likeness (QED) is 0.597. The third kappa shape index (κ3) is 3.79. The highest BCUT2D eigenvalue weighted by Crippen LogP contribution is 2.34. The van der Waals surface area contributed by atoms with Gasteiger partial charge in [0.05, 0.1) is 5.69 Å².